The fourth-order valence-electron chi connectivity index (χ4n) is 4.90. The van der Waals surface area contributed by atoms with Crippen LogP contribution >= 0.6 is 15.8 Å². The highest BCUT2D eigenvalue weighted by Gasteiger charge is 2.38. The summed E-state index contributed by atoms with van der Waals surface area (Å²) in [6, 6.07) is 10.4. The lowest BCUT2D eigenvalue weighted by Gasteiger charge is -2.44. The van der Waals surface area contributed by atoms with Gasteiger partial charge in [-0.1, -0.05) is 65.8 Å². The van der Waals surface area contributed by atoms with E-state index in [-0.39, 0.29) is 15.8 Å². The van der Waals surface area contributed by atoms with Crippen molar-refractivity contribution in [3.63, 3.8) is 0 Å². The Hall–Kier alpha value is 0.0800. The van der Waals surface area contributed by atoms with E-state index >= 15 is 0 Å². The Bertz CT molecular complexity index is 471. The molecule has 1 aromatic rings. The van der Waals surface area contributed by atoms with Crippen LogP contribution in [0.2, 0.25) is 0 Å². The summed E-state index contributed by atoms with van der Waals surface area (Å²) in [6.45, 7) is 0. The number of hydrogen-bond donors (Lipinski definition) is 0. The third-order valence-electron chi connectivity index (χ3n) is 7.32. The van der Waals surface area contributed by atoms with Gasteiger partial charge in [0.1, 0.15) is 0 Å². The lowest BCUT2D eigenvalue weighted by atomic mass is 9.99. The second-order valence-corrected chi connectivity index (χ2v) is 14.3. The molecule has 5 rings (SSSR count). The van der Waals surface area contributed by atoms with Crippen LogP contribution in [0.5, 0.6) is 0 Å². The predicted octanol–water partition coefficient (Wildman–Crippen LogP) is 6.11. The van der Waals surface area contributed by atoms with Crippen LogP contribution in [-0.4, -0.2) is 22.6 Å². The van der Waals surface area contributed by atoms with Crippen molar-refractivity contribution in [2.75, 3.05) is 0 Å². The molecule has 0 N–H and O–H groups in total. The molecule has 4 aliphatic rings. The van der Waals surface area contributed by atoms with E-state index in [1.165, 1.54) is 77.0 Å². The topological polar surface area (TPSA) is 0 Å². The number of hydrogen-bond acceptors (Lipinski definition) is 0. The number of rotatable bonds is 6. The first-order valence-corrected chi connectivity index (χ1v) is 13.5. The Labute approximate surface area is 150 Å². The average molecular weight is 358 g/mol. The maximum atomic E-state index is 2.60. The summed E-state index contributed by atoms with van der Waals surface area (Å²) in [5.74, 6) is 0. The molecule has 4 fully saturated rings. The minimum absolute atomic E-state index is 0.161. The predicted molar refractivity (Wildman–Crippen MR) is 110 cm³/mol. The average Bonchev–Trinajstić information content (AvgIpc) is 2.38. The van der Waals surface area contributed by atoms with Gasteiger partial charge in [0, 0.05) is 0 Å². The zero-order valence-electron chi connectivity index (χ0n) is 15.0. The monoisotopic (exact) mass is 358 g/mol. The van der Waals surface area contributed by atoms with Crippen molar-refractivity contribution in [2.45, 2.75) is 99.7 Å². The molecule has 0 spiro atoms. The van der Waals surface area contributed by atoms with Gasteiger partial charge in [-0.3, -0.25) is 0 Å². The molecule has 1 aromatic carbocycles. The van der Waals surface area contributed by atoms with Crippen molar-refractivity contribution in [3.8, 4) is 0 Å². The minimum atomic E-state index is 0.161. The van der Waals surface area contributed by atoms with E-state index in [1.54, 1.807) is 10.6 Å². The molecule has 0 saturated heterocycles. The highest BCUT2D eigenvalue weighted by atomic mass is 31.1. The molecular formula is C22H32P2. The Balaban J connectivity index is 1.36. The van der Waals surface area contributed by atoms with E-state index < -0.39 is 0 Å². The van der Waals surface area contributed by atoms with Crippen LogP contribution in [0.4, 0.5) is 0 Å². The Kier molecular flexibility index (Phi) is 4.75. The van der Waals surface area contributed by atoms with Gasteiger partial charge in [0.15, 0.2) is 0 Å². The molecule has 130 valence electrons. The van der Waals surface area contributed by atoms with Gasteiger partial charge in [-0.2, -0.15) is 0 Å². The quantitative estimate of drug-likeness (QED) is 0.538. The Morgan fingerprint density at radius 1 is 0.458 bits per heavy atom. The van der Waals surface area contributed by atoms with Crippen LogP contribution in [0.1, 0.15) is 77.0 Å². The molecule has 4 aliphatic carbocycles. The molecule has 0 heterocycles. The van der Waals surface area contributed by atoms with Crippen molar-refractivity contribution in [1.29, 1.82) is 0 Å². The first-order valence-electron chi connectivity index (χ1n) is 10.6. The highest BCUT2D eigenvalue weighted by molar-refractivity contribution is 7.68. The second kappa shape index (κ2) is 7.00. The molecule has 24 heavy (non-hydrogen) atoms. The third kappa shape index (κ3) is 2.91. The lowest BCUT2D eigenvalue weighted by molar-refractivity contribution is 0.478. The summed E-state index contributed by atoms with van der Waals surface area (Å²) in [5.41, 5.74) is 4.32. The molecule has 0 amide bonds. The molecular weight excluding hydrogens is 326 g/mol. The third-order valence-corrected chi connectivity index (χ3v) is 14.3. The van der Waals surface area contributed by atoms with Crippen molar-refractivity contribution in [1.82, 2.24) is 0 Å². The van der Waals surface area contributed by atoms with Gasteiger partial charge in [-0.25, -0.2) is 0 Å². The van der Waals surface area contributed by atoms with Crippen LogP contribution in [0.25, 0.3) is 0 Å². The van der Waals surface area contributed by atoms with Crippen LogP contribution in [0.3, 0.4) is 0 Å². The van der Waals surface area contributed by atoms with E-state index in [9.17, 15) is 0 Å². The van der Waals surface area contributed by atoms with Gasteiger partial charge in [0.25, 0.3) is 0 Å². The maximum Gasteiger partial charge on any atom is -0.0166 e. The Morgan fingerprint density at radius 2 is 0.708 bits per heavy atom. The molecule has 4 saturated carbocycles. The van der Waals surface area contributed by atoms with Crippen LogP contribution in [0.15, 0.2) is 24.3 Å². The summed E-state index contributed by atoms with van der Waals surface area (Å²) in [5, 5.41) is 3.53. The summed E-state index contributed by atoms with van der Waals surface area (Å²) in [4.78, 5) is 0. The standard InChI is InChI=1S/C22H32P2/c1-5-17(6-1)23(18-7-2-8-18)21-13-15-22(16-14-21)24(19-9-3-10-19)20-11-4-12-20/h13-20H,1-12H2. The first kappa shape index (κ1) is 16.3. The van der Waals surface area contributed by atoms with Crippen molar-refractivity contribution >= 4 is 26.5 Å². The summed E-state index contributed by atoms with van der Waals surface area (Å²) in [7, 11) is 0.322. The van der Waals surface area contributed by atoms with Gasteiger partial charge < -0.3 is 0 Å². The van der Waals surface area contributed by atoms with Crippen molar-refractivity contribution < 1.29 is 0 Å². The van der Waals surface area contributed by atoms with E-state index in [4.69, 9.17) is 0 Å². The largest absolute Gasteiger partial charge is 0.0690 e. The second-order valence-electron chi connectivity index (χ2n) is 8.67. The van der Waals surface area contributed by atoms with Gasteiger partial charge in [-0.05, 0) is 84.6 Å². The summed E-state index contributed by atoms with van der Waals surface area (Å²) >= 11 is 0. The van der Waals surface area contributed by atoms with Gasteiger partial charge in [-0.15, -0.1) is 0 Å². The molecule has 2 heteroatoms. The molecule has 0 bridgehead atoms. The molecule has 0 aliphatic heterocycles. The lowest BCUT2D eigenvalue weighted by Crippen LogP contribution is -2.33. The van der Waals surface area contributed by atoms with E-state index in [2.05, 4.69) is 24.3 Å². The van der Waals surface area contributed by atoms with E-state index in [1.807, 2.05) is 0 Å². The van der Waals surface area contributed by atoms with Crippen LogP contribution < -0.4 is 10.6 Å². The highest BCUT2D eigenvalue weighted by Crippen LogP contribution is 2.60. The molecule has 0 atom stereocenters. The minimum Gasteiger partial charge on any atom is -0.0690 e. The van der Waals surface area contributed by atoms with E-state index in [0.717, 1.165) is 22.6 Å². The molecule has 0 radical (unpaired) electrons. The van der Waals surface area contributed by atoms with Gasteiger partial charge >= 0.3 is 0 Å². The zero-order valence-corrected chi connectivity index (χ0v) is 16.8. The van der Waals surface area contributed by atoms with Crippen molar-refractivity contribution in [3.05, 3.63) is 24.3 Å². The summed E-state index contributed by atoms with van der Waals surface area (Å²) in [6.07, 6.45) is 18.2. The fraction of sp³-hybridized carbons (Fsp3) is 0.727. The van der Waals surface area contributed by atoms with Crippen molar-refractivity contribution in [2.24, 2.45) is 0 Å². The smallest absolute Gasteiger partial charge is 0.0166 e. The fourth-order valence-corrected chi connectivity index (χ4v) is 12.4. The van der Waals surface area contributed by atoms with Gasteiger partial charge in [0.05, 0.1) is 0 Å². The molecule has 0 unspecified atom stereocenters. The van der Waals surface area contributed by atoms with Gasteiger partial charge in [0.2, 0.25) is 0 Å². The number of benzene rings is 1. The normalized spacial score (nSPS) is 26.1. The van der Waals surface area contributed by atoms with Crippen LogP contribution in [-0.2, 0) is 0 Å². The Morgan fingerprint density at radius 3 is 0.875 bits per heavy atom. The molecule has 0 nitrogen and oxygen atoms in total. The first-order chi connectivity index (χ1) is 11.9. The van der Waals surface area contributed by atoms with E-state index in [0.29, 0.717) is 0 Å². The summed E-state index contributed by atoms with van der Waals surface area (Å²) < 4.78 is 0. The van der Waals surface area contributed by atoms with Crippen LogP contribution in [0, 0.1) is 0 Å². The molecule has 0 aromatic heterocycles. The SMILES string of the molecule is c1cc(P(C2CCC2)C2CCC2)ccc1P(C1CCC1)C1CCC1. The maximum absolute atomic E-state index is 2.60. The zero-order chi connectivity index (χ0) is 15.9.